The smallest absolute Gasteiger partial charge is 0.242 e. The van der Waals surface area contributed by atoms with Crippen LogP contribution in [0.15, 0.2) is 0 Å². The lowest BCUT2D eigenvalue weighted by molar-refractivity contribution is -0.137. The van der Waals surface area contributed by atoms with Crippen LogP contribution in [0.4, 0.5) is 0 Å². The maximum absolute atomic E-state index is 11.8. The Bertz CT molecular complexity index is 260. The van der Waals surface area contributed by atoms with Gasteiger partial charge in [-0.2, -0.15) is 0 Å². The van der Waals surface area contributed by atoms with Gasteiger partial charge in [0.25, 0.3) is 0 Å². The number of hydrogen-bond acceptors (Lipinski definition) is 4. The molecule has 6 heteroatoms. The highest BCUT2D eigenvalue weighted by molar-refractivity contribution is 8.00. The van der Waals surface area contributed by atoms with Gasteiger partial charge in [0.1, 0.15) is 6.54 Å². The molecule has 1 aliphatic heterocycles. The molecule has 0 spiro atoms. The van der Waals surface area contributed by atoms with Crippen LogP contribution in [-0.2, 0) is 9.59 Å². The Morgan fingerprint density at radius 1 is 1.62 bits per heavy atom. The first kappa shape index (κ1) is 13.3. The predicted molar refractivity (Wildman–Crippen MR) is 63.0 cm³/mol. The molecule has 1 fully saturated rings. The van der Waals surface area contributed by atoms with Crippen LogP contribution in [0.1, 0.15) is 13.3 Å². The van der Waals surface area contributed by atoms with Crippen LogP contribution in [0.3, 0.4) is 0 Å². The number of amides is 2. The highest BCUT2D eigenvalue weighted by atomic mass is 32.2. The van der Waals surface area contributed by atoms with Gasteiger partial charge in [0.2, 0.25) is 11.8 Å². The van der Waals surface area contributed by atoms with Crippen LogP contribution in [0.5, 0.6) is 0 Å². The molecule has 5 nitrogen and oxygen atoms in total. The molecule has 92 valence electrons. The van der Waals surface area contributed by atoms with E-state index in [1.807, 2.05) is 6.92 Å². The van der Waals surface area contributed by atoms with Crippen molar-refractivity contribution in [1.29, 1.82) is 0 Å². The zero-order valence-corrected chi connectivity index (χ0v) is 10.3. The largest absolute Gasteiger partial charge is 0.396 e. The summed E-state index contributed by atoms with van der Waals surface area (Å²) < 4.78 is 0. The van der Waals surface area contributed by atoms with Crippen molar-refractivity contribution in [3.05, 3.63) is 0 Å². The molecule has 1 saturated heterocycles. The van der Waals surface area contributed by atoms with Gasteiger partial charge in [-0.3, -0.25) is 9.59 Å². The summed E-state index contributed by atoms with van der Waals surface area (Å²) in [6.45, 7) is 3.33. The highest BCUT2D eigenvalue weighted by Gasteiger charge is 2.24. The number of nitrogens with zero attached hydrogens (tertiary/aromatic N) is 2. The summed E-state index contributed by atoms with van der Waals surface area (Å²) in [7, 11) is 0. The fraction of sp³-hybridized carbons (Fsp3) is 0.800. The van der Waals surface area contributed by atoms with Crippen LogP contribution < -0.4 is 0 Å². The number of likely N-dealkylation sites (N-methyl/N-ethyl adjacent to an activating group) is 1. The molecule has 1 rings (SSSR count). The molecule has 1 aliphatic rings. The molecule has 1 N–H and O–H groups in total. The van der Waals surface area contributed by atoms with E-state index in [1.54, 1.807) is 9.80 Å². The molecule has 0 unspecified atom stereocenters. The minimum Gasteiger partial charge on any atom is -0.396 e. The summed E-state index contributed by atoms with van der Waals surface area (Å²) in [5, 5.41) is 8.71. The third-order valence-electron chi connectivity index (χ3n) is 2.47. The Morgan fingerprint density at radius 3 is 2.88 bits per heavy atom. The quantitative estimate of drug-likeness (QED) is 0.702. The Balaban J connectivity index is 2.39. The van der Waals surface area contributed by atoms with Gasteiger partial charge < -0.3 is 14.9 Å². The standard InChI is InChI=1S/C10H18N2O3S/c1-2-11(4-3-5-13)9(14)6-12-8-16-7-10(12)15/h13H,2-8H2,1H3. The van der Waals surface area contributed by atoms with Crippen LogP contribution in [0.25, 0.3) is 0 Å². The molecule has 0 aromatic heterocycles. The first-order valence-corrected chi connectivity index (χ1v) is 6.58. The molecule has 0 saturated carbocycles. The van der Waals surface area contributed by atoms with Crippen molar-refractivity contribution in [3.63, 3.8) is 0 Å². The SMILES string of the molecule is CCN(CCCO)C(=O)CN1CSCC1=O. The van der Waals surface area contributed by atoms with E-state index < -0.39 is 0 Å². The molecule has 0 aromatic carbocycles. The number of aliphatic hydroxyl groups excluding tert-OH is 1. The average Bonchev–Trinajstić information content (AvgIpc) is 2.65. The lowest BCUT2D eigenvalue weighted by atomic mass is 10.3. The fourth-order valence-electron chi connectivity index (χ4n) is 1.52. The van der Waals surface area contributed by atoms with Gasteiger partial charge in [0.05, 0.1) is 11.6 Å². The summed E-state index contributed by atoms with van der Waals surface area (Å²) in [6.07, 6.45) is 0.586. The van der Waals surface area contributed by atoms with Gasteiger partial charge in [-0.15, -0.1) is 11.8 Å². The third-order valence-corrected chi connectivity index (χ3v) is 3.42. The van der Waals surface area contributed by atoms with Gasteiger partial charge in [-0.05, 0) is 13.3 Å². The van der Waals surface area contributed by atoms with Crippen LogP contribution in [0.2, 0.25) is 0 Å². The molecule has 2 amide bonds. The van der Waals surface area contributed by atoms with E-state index in [4.69, 9.17) is 5.11 Å². The summed E-state index contributed by atoms with van der Waals surface area (Å²) in [5.41, 5.74) is 0. The van der Waals surface area contributed by atoms with E-state index >= 15 is 0 Å². The van der Waals surface area contributed by atoms with Crippen molar-refractivity contribution >= 4 is 23.6 Å². The van der Waals surface area contributed by atoms with Gasteiger partial charge >= 0.3 is 0 Å². The second-order valence-electron chi connectivity index (χ2n) is 3.62. The van der Waals surface area contributed by atoms with Crippen LogP contribution in [-0.4, -0.2) is 64.6 Å². The molecule has 0 aromatic rings. The lowest BCUT2D eigenvalue weighted by Crippen LogP contribution is -2.41. The Labute approximate surface area is 99.8 Å². The molecular weight excluding hydrogens is 228 g/mol. The maximum atomic E-state index is 11.8. The molecule has 16 heavy (non-hydrogen) atoms. The van der Waals surface area contributed by atoms with Gasteiger partial charge in [-0.25, -0.2) is 0 Å². The zero-order chi connectivity index (χ0) is 12.0. The minimum atomic E-state index is -0.0354. The van der Waals surface area contributed by atoms with E-state index in [0.29, 0.717) is 31.1 Å². The van der Waals surface area contributed by atoms with Crippen molar-refractivity contribution in [2.45, 2.75) is 13.3 Å². The summed E-state index contributed by atoms with van der Waals surface area (Å²) in [4.78, 5) is 26.4. The molecule has 0 atom stereocenters. The Kier molecular flexibility index (Phi) is 5.62. The summed E-state index contributed by atoms with van der Waals surface area (Å²) in [5.74, 6) is 1.10. The second kappa shape index (κ2) is 6.75. The molecule has 0 radical (unpaired) electrons. The first-order valence-electron chi connectivity index (χ1n) is 5.43. The van der Waals surface area contributed by atoms with Gasteiger partial charge in [0.15, 0.2) is 0 Å². The number of carbonyl (C=O) groups is 2. The molecule has 1 heterocycles. The van der Waals surface area contributed by atoms with Gasteiger partial charge in [0, 0.05) is 19.7 Å². The van der Waals surface area contributed by atoms with Crippen molar-refractivity contribution in [2.75, 3.05) is 37.9 Å². The van der Waals surface area contributed by atoms with E-state index in [2.05, 4.69) is 0 Å². The number of aliphatic hydroxyl groups is 1. The van der Waals surface area contributed by atoms with E-state index in [1.165, 1.54) is 11.8 Å². The number of carbonyl (C=O) groups excluding carboxylic acids is 2. The summed E-state index contributed by atoms with van der Waals surface area (Å²) in [6, 6.07) is 0. The lowest BCUT2D eigenvalue weighted by Gasteiger charge is -2.23. The van der Waals surface area contributed by atoms with Crippen molar-refractivity contribution in [3.8, 4) is 0 Å². The van der Waals surface area contributed by atoms with Crippen molar-refractivity contribution in [1.82, 2.24) is 9.80 Å². The third kappa shape index (κ3) is 3.68. The van der Waals surface area contributed by atoms with E-state index in [0.717, 1.165) is 0 Å². The van der Waals surface area contributed by atoms with Gasteiger partial charge in [-0.1, -0.05) is 0 Å². The monoisotopic (exact) mass is 246 g/mol. The average molecular weight is 246 g/mol. The second-order valence-corrected chi connectivity index (χ2v) is 4.57. The Hall–Kier alpha value is -0.750. The number of hydrogen-bond donors (Lipinski definition) is 1. The molecule has 0 bridgehead atoms. The van der Waals surface area contributed by atoms with Crippen LogP contribution >= 0.6 is 11.8 Å². The zero-order valence-electron chi connectivity index (χ0n) is 9.52. The first-order chi connectivity index (χ1) is 7.69. The predicted octanol–water partition coefficient (Wildman–Crippen LogP) is -0.250. The van der Waals surface area contributed by atoms with Crippen LogP contribution in [0, 0.1) is 0 Å². The summed E-state index contributed by atoms with van der Waals surface area (Å²) >= 11 is 1.54. The van der Waals surface area contributed by atoms with E-state index in [-0.39, 0.29) is 25.0 Å². The fourth-order valence-corrected chi connectivity index (χ4v) is 2.43. The maximum Gasteiger partial charge on any atom is 0.242 e. The Morgan fingerprint density at radius 2 is 2.38 bits per heavy atom. The minimum absolute atomic E-state index is 0.0354. The number of rotatable bonds is 6. The van der Waals surface area contributed by atoms with Crippen molar-refractivity contribution in [2.24, 2.45) is 0 Å². The molecular formula is C10H18N2O3S. The highest BCUT2D eigenvalue weighted by Crippen LogP contribution is 2.14. The topological polar surface area (TPSA) is 60.9 Å². The number of thioether (sulfide) groups is 1. The molecule has 0 aliphatic carbocycles. The normalized spacial score (nSPS) is 15.6. The van der Waals surface area contributed by atoms with E-state index in [9.17, 15) is 9.59 Å². The van der Waals surface area contributed by atoms with Crippen molar-refractivity contribution < 1.29 is 14.7 Å².